The number of hydrogen-bond acceptors (Lipinski definition) is 7. The Morgan fingerprint density at radius 3 is 2.44 bits per heavy atom. The number of hydrogen-bond donors (Lipinski definition) is 1. The lowest BCUT2D eigenvalue weighted by atomic mass is 9.83. The lowest BCUT2D eigenvalue weighted by Crippen LogP contribution is -2.21. The van der Waals surface area contributed by atoms with E-state index in [4.69, 9.17) is 24.7 Å². The number of carbonyl (C=O) groups excluding carboxylic acids is 1. The summed E-state index contributed by atoms with van der Waals surface area (Å²) in [6, 6.07) is 25.7. The molecule has 5 rings (SSSR count). The molecule has 0 aliphatic carbocycles. The first-order chi connectivity index (χ1) is 17.5. The van der Waals surface area contributed by atoms with Crippen LogP contribution in [0, 0.1) is 11.3 Å². The van der Waals surface area contributed by atoms with Gasteiger partial charge in [-0.3, -0.25) is 0 Å². The number of esters is 1. The van der Waals surface area contributed by atoms with Gasteiger partial charge in [-0.15, -0.1) is 0 Å². The highest BCUT2D eigenvalue weighted by molar-refractivity contribution is 6.05. The van der Waals surface area contributed by atoms with E-state index >= 15 is 0 Å². The third-order valence-corrected chi connectivity index (χ3v) is 6.16. The van der Waals surface area contributed by atoms with Gasteiger partial charge in [0.1, 0.15) is 34.6 Å². The Kier molecular flexibility index (Phi) is 5.93. The molecule has 0 radical (unpaired) electrons. The van der Waals surface area contributed by atoms with Gasteiger partial charge in [-0.05, 0) is 29.0 Å². The average Bonchev–Trinajstić information content (AvgIpc) is 2.91. The second-order valence-electron chi connectivity index (χ2n) is 8.15. The first kappa shape index (κ1) is 22.8. The molecule has 1 aliphatic heterocycles. The summed E-state index contributed by atoms with van der Waals surface area (Å²) in [6.45, 7) is 0. The maximum Gasteiger partial charge on any atom is 0.344 e. The van der Waals surface area contributed by atoms with Crippen LogP contribution in [0.2, 0.25) is 0 Å². The SMILES string of the molecule is COc1ccc(C2C(C#N)=C(N)Oc3cc(OC(=O)c4cccc5ccccc45)ccc32)c(OC)c1. The second-order valence-corrected chi connectivity index (χ2v) is 8.15. The number of nitriles is 1. The molecule has 0 bridgehead atoms. The molecule has 2 N–H and O–H groups in total. The molecule has 4 aromatic carbocycles. The molecule has 1 heterocycles. The Balaban J connectivity index is 1.53. The normalized spacial score (nSPS) is 14.4. The summed E-state index contributed by atoms with van der Waals surface area (Å²) in [5, 5.41) is 11.6. The quantitative estimate of drug-likeness (QED) is 0.307. The first-order valence-corrected chi connectivity index (χ1v) is 11.2. The number of benzene rings is 4. The number of methoxy groups -OCH3 is 2. The highest BCUT2D eigenvalue weighted by atomic mass is 16.5. The van der Waals surface area contributed by atoms with Crippen LogP contribution in [0.5, 0.6) is 23.0 Å². The van der Waals surface area contributed by atoms with E-state index in [1.807, 2.05) is 42.5 Å². The Bertz CT molecular complexity index is 1560. The van der Waals surface area contributed by atoms with Crippen molar-refractivity contribution >= 4 is 16.7 Å². The third-order valence-electron chi connectivity index (χ3n) is 6.16. The van der Waals surface area contributed by atoms with Crippen molar-refractivity contribution < 1.29 is 23.7 Å². The van der Waals surface area contributed by atoms with Crippen molar-refractivity contribution in [3.05, 3.63) is 107 Å². The fraction of sp³-hybridized carbons (Fsp3) is 0.103. The van der Waals surface area contributed by atoms with E-state index in [0.717, 1.165) is 16.3 Å². The van der Waals surface area contributed by atoms with E-state index in [2.05, 4.69) is 6.07 Å². The number of nitrogens with two attached hydrogens (primary N) is 1. The lowest BCUT2D eigenvalue weighted by molar-refractivity contribution is 0.0736. The minimum Gasteiger partial charge on any atom is -0.497 e. The molecule has 0 saturated heterocycles. The molecule has 178 valence electrons. The molecule has 7 nitrogen and oxygen atoms in total. The first-order valence-electron chi connectivity index (χ1n) is 11.2. The molecule has 0 amide bonds. The van der Waals surface area contributed by atoms with E-state index in [1.165, 1.54) is 0 Å². The minimum atomic E-state index is -0.539. The summed E-state index contributed by atoms with van der Waals surface area (Å²) in [5.74, 6) is 0.788. The number of ether oxygens (including phenoxy) is 4. The predicted molar refractivity (Wildman–Crippen MR) is 134 cm³/mol. The molecule has 0 aromatic heterocycles. The van der Waals surface area contributed by atoms with Crippen LogP contribution in [0.3, 0.4) is 0 Å². The second kappa shape index (κ2) is 9.35. The molecular weight excluding hydrogens is 456 g/mol. The molecule has 7 heteroatoms. The van der Waals surface area contributed by atoms with Gasteiger partial charge in [-0.1, -0.05) is 48.5 Å². The van der Waals surface area contributed by atoms with Crippen LogP contribution < -0.4 is 24.7 Å². The van der Waals surface area contributed by atoms with E-state index < -0.39 is 11.9 Å². The summed E-state index contributed by atoms with van der Waals surface area (Å²) in [7, 11) is 3.12. The van der Waals surface area contributed by atoms with Crippen molar-refractivity contribution in [3.63, 3.8) is 0 Å². The Morgan fingerprint density at radius 1 is 0.917 bits per heavy atom. The number of carbonyl (C=O) groups is 1. The number of fused-ring (bicyclic) bond motifs is 2. The standard InChI is InChI=1S/C29H22N2O5/c1-33-18-10-12-22(25(14-18)34-2)27-23-13-11-19(15-26(23)36-28(31)24(27)16-30)35-29(32)21-9-5-7-17-6-3-4-8-20(17)21/h3-15,27H,31H2,1-2H3. The van der Waals surface area contributed by atoms with Crippen molar-refractivity contribution in [2.45, 2.75) is 5.92 Å². The van der Waals surface area contributed by atoms with E-state index in [1.54, 1.807) is 50.6 Å². The molecule has 36 heavy (non-hydrogen) atoms. The summed E-state index contributed by atoms with van der Waals surface area (Å²) < 4.78 is 22.4. The summed E-state index contributed by atoms with van der Waals surface area (Å²) >= 11 is 0. The zero-order valence-corrected chi connectivity index (χ0v) is 19.6. The molecule has 0 spiro atoms. The Morgan fingerprint density at radius 2 is 1.67 bits per heavy atom. The fourth-order valence-corrected chi connectivity index (χ4v) is 4.44. The summed E-state index contributed by atoms with van der Waals surface area (Å²) in [6.07, 6.45) is 0. The molecule has 4 aromatic rings. The third kappa shape index (κ3) is 3.95. The topological polar surface area (TPSA) is 104 Å². The average molecular weight is 479 g/mol. The van der Waals surface area contributed by atoms with Gasteiger partial charge in [0.05, 0.1) is 25.7 Å². The van der Waals surface area contributed by atoms with Crippen molar-refractivity contribution in [2.75, 3.05) is 14.2 Å². The van der Waals surface area contributed by atoms with E-state index in [9.17, 15) is 10.1 Å². The van der Waals surface area contributed by atoms with Gasteiger partial charge in [0.15, 0.2) is 0 Å². The van der Waals surface area contributed by atoms with Crippen molar-refractivity contribution in [1.29, 1.82) is 5.26 Å². The monoisotopic (exact) mass is 478 g/mol. The van der Waals surface area contributed by atoms with Crippen molar-refractivity contribution in [2.24, 2.45) is 5.73 Å². The van der Waals surface area contributed by atoms with Crippen LogP contribution in [-0.4, -0.2) is 20.2 Å². The molecule has 1 unspecified atom stereocenters. The van der Waals surface area contributed by atoms with Gasteiger partial charge in [-0.2, -0.15) is 5.26 Å². The van der Waals surface area contributed by atoms with Crippen molar-refractivity contribution in [1.82, 2.24) is 0 Å². The van der Waals surface area contributed by atoms with Gasteiger partial charge in [0.2, 0.25) is 5.88 Å². The molecule has 0 fully saturated rings. The fourth-order valence-electron chi connectivity index (χ4n) is 4.44. The largest absolute Gasteiger partial charge is 0.497 e. The van der Waals surface area contributed by atoms with Gasteiger partial charge in [0, 0.05) is 23.3 Å². The van der Waals surface area contributed by atoms with Crippen LogP contribution in [-0.2, 0) is 0 Å². The van der Waals surface area contributed by atoms with Crippen LogP contribution >= 0.6 is 0 Å². The maximum absolute atomic E-state index is 13.0. The number of allylic oxidation sites excluding steroid dienone is 1. The molecule has 0 saturated carbocycles. The molecule has 1 atom stereocenters. The maximum atomic E-state index is 13.0. The van der Waals surface area contributed by atoms with Gasteiger partial charge < -0.3 is 24.7 Å². The highest BCUT2D eigenvalue weighted by Gasteiger charge is 2.33. The Hall–Kier alpha value is -4.96. The lowest BCUT2D eigenvalue weighted by Gasteiger charge is -2.27. The van der Waals surface area contributed by atoms with Gasteiger partial charge in [0.25, 0.3) is 0 Å². The number of rotatable bonds is 5. The van der Waals surface area contributed by atoms with Gasteiger partial charge >= 0.3 is 5.97 Å². The van der Waals surface area contributed by atoms with E-state index in [-0.39, 0.29) is 11.5 Å². The highest BCUT2D eigenvalue weighted by Crippen LogP contribution is 2.46. The zero-order valence-electron chi connectivity index (χ0n) is 19.6. The van der Waals surface area contributed by atoms with Crippen LogP contribution in [0.1, 0.15) is 27.4 Å². The number of nitrogens with zero attached hydrogens (tertiary/aromatic N) is 1. The van der Waals surface area contributed by atoms with Crippen LogP contribution in [0.4, 0.5) is 0 Å². The molecule has 1 aliphatic rings. The van der Waals surface area contributed by atoms with Gasteiger partial charge in [-0.25, -0.2) is 4.79 Å². The van der Waals surface area contributed by atoms with Crippen molar-refractivity contribution in [3.8, 4) is 29.1 Å². The predicted octanol–water partition coefficient (Wildman–Crippen LogP) is 5.29. The zero-order chi connectivity index (χ0) is 25.2. The minimum absolute atomic E-state index is 0.0228. The molecular formula is C29H22N2O5. The Labute approximate surface area is 207 Å². The summed E-state index contributed by atoms with van der Waals surface area (Å²) in [5.41, 5.74) is 8.27. The van der Waals surface area contributed by atoms with Crippen LogP contribution in [0.15, 0.2) is 90.3 Å². The van der Waals surface area contributed by atoms with E-state index in [0.29, 0.717) is 34.1 Å². The summed E-state index contributed by atoms with van der Waals surface area (Å²) in [4.78, 5) is 13.0. The smallest absolute Gasteiger partial charge is 0.344 e. The van der Waals surface area contributed by atoms with Crippen LogP contribution in [0.25, 0.3) is 10.8 Å².